The fraction of sp³-hybridized carbons (Fsp3) is 0.444. The molecule has 1 aromatic heterocycles. The summed E-state index contributed by atoms with van der Waals surface area (Å²) in [6.45, 7) is 3.53. The van der Waals surface area contributed by atoms with E-state index in [1.54, 1.807) is 23.0 Å². The van der Waals surface area contributed by atoms with Crippen molar-refractivity contribution in [1.29, 1.82) is 0 Å². The van der Waals surface area contributed by atoms with Crippen LogP contribution in [0.3, 0.4) is 0 Å². The van der Waals surface area contributed by atoms with Crippen molar-refractivity contribution >= 4 is 5.91 Å². The highest BCUT2D eigenvalue weighted by atomic mass is 19.1. The number of carbonyl (C=O) groups is 1. The number of rotatable bonds is 4. The predicted molar refractivity (Wildman–Crippen MR) is 90.2 cm³/mol. The van der Waals surface area contributed by atoms with Crippen LogP contribution in [0.4, 0.5) is 4.39 Å². The number of aromatic nitrogens is 2. The molecule has 1 amide bonds. The van der Waals surface area contributed by atoms with Gasteiger partial charge in [-0.3, -0.25) is 4.79 Å². The maximum absolute atomic E-state index is 13.0. The van der Waals surface area contributed by atoms with Crippen molar-refractivity contribution in [3.8, 4) is 5.69 Å². The summed E-state index contributed by atoms with van der Waals surface area (Å²) in [5.41, 5.74) is 7.46. The van der Waals surface area contributed by atoms with E-state index in [0.29, 0.717) is 11.6 Å². The van der Waals surface area contributed by atoms with Gasteiger partial charge in [-0.15, -0.1) is 0 Å². The van der Waals surface area contributed by atoms with Gasteiger partial charge >= 0.3 is 0 Å². The Hall–Kier alpha value is -2.21. The number of hydrogen-bond donors (Lipinski definition) is 1. The first-order chi connectivity index (χ1) is 11.5. The highest BCUT2D eigenvalue weighted by molar-refractivity contribution is 5.78. The van der Waals surface area contributed by atoms with E-state index in [4.69, 9.17) is 5.73 Å². The first-order valence-electron chi connectivity index (χ1n) is 8.37. The van der Waals surface area contributed by atoms with Gasteiger partial charge in [0.25, 0.3) is 0 Å². The molecule has 0 spiro atoms. The van der Waals surface area contributed by atoms with Gasteiger partial charge in [0.2, 0.25) is 5.91 Å². The molecule has 1 saturated heterocycles. The SMILES string of the molecule is C[C@H](N)[C@@H]1CCCN(C(=O)Cc2ccn(-c3ccc(F)cc3)n2)C1. The highest BCUT2D eigenvalue weighted by Crippen LogP contribution is 2.19. The van der Waals surface area contributed by atoms with E-state index in [1.165, 1.54) is 12.1 Å². The number of likely N-dealkylation sites (tertiary alicyclic amines) is 1. The summed E-state index contributed by atoms with van der Waals surface area (Å²) in [7, 11) is 0. The van der Waals surface area contributed by atoms with E-state index in [9.17, 15) is 9.18 Å². The van der Waals surface area contributed by atoms with Crippen molar-refractivity contribution in [2.75, 3.05) is 13.1 Å². The number of nitrogens with two attached hydrogens (primary N) is 1. The number of piperidine rings is 1. The Kier molecular flexibility index (Phi) is 4.94. The van der Waals surface area contributed by atoms with Crippen LogP contribution < -0.4 is 5.73 Å². The summed E-state index contributed by atoms with van der Waals surface area (Å²) < 4.78 is 14.6. The molecule has 6 heteroatoms. The van der Waals surface area contributed by atoms with Crippen LogP contribution in [0.2, 0.25) is 0 Å². The van der Waals surface area contributed by atoms with Crippen LogP contribution >= 0.6 is 0 Å². The molecule has 0 saturated carbocycles. The molecule has 0 bridgehead atoms. The fourth-order valence-electron chi connectivity index (χ4n) is 3.13. The molecule has 0 radical (unpaired) electrons. The second-order valence-corrected chi connectivity index (χ2v) is 6.51. The number of carbonyl (C=O) groups excluding carboxylic acids is 1. The standard InChI is InChI=1S/C18H23FN4O/c1-13(20)14-3-2-9-22(12-14)18(24)11-16-8-10-23(21-16)17-6-4-15(19)5-7-17/h4-8,10,13-14H,2-3,9,11-12,20H2,1H3/t13-,14+/m0/s1. The van der Waals surface area contributed by atoms with Crippen LogP contribution in [-0.4, -0.2) is 39.7 Å². The topological polar surface area (TPSA) is 64.2 Å². The number of amides is 1. The van der Waals surface area contributed by atoms with Gasteiger partial charge in [-0.05, 0) is 56.0 Å². The molecule has 0 unspecified atom stereocenters. The molecule has 2 N–H and O–H groups in total. The summed E-state index contributed by atoms with van der Waals surface area (Å²) >= 11 is 0. The predicted octanol–water partition coefficient (Wildman–Crippen LogP) is 2.14. The van der Waals surface area contributed by atoms with E-state index >= 15 is 0 Å². The molecular formula is C18H23FN4O. The smallest absolute Gasteiger partial charge is 0.228 e. The van der Waals surface area contributed by atoms with Crippen molar-refractivity contribution in [1.82, 2.24) is 14.7 Å². The fourth-order valence-corrected chi connectivity index (χ4v) is 3.13. The van der Waals surface area contributed by atoms with Crippen LogP contribution in [0, 0.1) is 11.7 Å². The lowest BCUT2D eigenvalue weighted by Gasteiger charge is -2.34. The molecule has 1 fully saturated rings. The lowest BCUT2D eigenvalue weighted by molar-refractivity contribution is -0.132. The van der Waals surface area contributed by atoms with Crippen LogP contribution in [0.1, 0.15) is 25.5 Å². The van der Waals surface area contributed by atoms with Gasteiger partial charge in [-0.1, -0.05) is 0 Å². The quantitative estimate of drug-likeness (QED) is 0.934. The first-order valence-corrected chi connectivity index (χ1v) is 8.37. The molecule has 3 rings (SSSR count). The van der Waals surface area contributed by atoms with E-state index in [0.717, 1.165) is 31.6 Å². The van der Waals surface area contributed by atoms with Crippen molar-refractivity contribution < 1.29 is 9.18 Å². The van der Waals surface area contributed by atoms with Gasteiger partial charge < -0.3 is 10.6 Å². The Bertz CT molecular complexity index is 695. The Balaban J connectivity index is 1.64. The second kappa shape index (κ2) is 7.13. The molecule has 1 aliphatic rings. The third-order valence-electron chi connectivity index (χ3n) is 4.62. The molecule has 24 heavy (non-hydrogen) atoms. The zero-order chi connectivity index (χ0) is 17.1. The third kappa shape index (κ3) is 3.82. The second-order valence-electron chi connectivity index (χ2n) is 6.51. The summed E-state index contributed by atoms with van der Waals surface area (Å²) in [5.74, 6) is 0.180. The van der Waals surface area contributed by atoms with Gasteiger partial charge in [0.05, 0.1) is 17.8 Å². The number of hydrogen-bond acceptors (Lipinski definition) is 3. The monoisotopic (exact) mass is 330 g/mol. The molecule has 1 aromatic carbocycles. The van der Waals surface area contributed by atoms with Gasteiger partial charge in [-0.2, -0.15) is 5.10 Å². The lowest BCUT2D eigenvalue weighted by atomic mass is 9.92. The molecule has 1 aliphatic heterocycles. The maximum Gasteiger partial charge on any atom is 0.228 e. The largest absolute Gasteiger partial charge is 0.342 e. The Morgan fingerprint density at radius 1 is 1.38 bits per heavy atom. The molecule has 2 atom stereocenters. The molecule has 2 aromatic rings. The maximum atomic E-state index is 13.0. The van der Waals surface area contributed by atoms with E-state index in [-0.39, 0.29) is 24.2 Å². The van der Waals surface area contributed by atoms with Crippen molar-refractivity contribution in [2.45, 2.75) is 32.2 Å². The lowest BCUT2D eigenvalue weighted by Crippen LogP contribution is -2.45. The summed E-state index contributed by atoms with van der Waals surface area (Å²) in [6.07, 6.45) is 4.15. The van der Waals surface area contributed by atoms with Crippen LogP contribution in [0.15, 0.2) is 36.5 Å². The number of nitrogens with zero attached hydrogens (tertiary/aromatic N) is 3. The van der Waals surface area contributed by atoms with E-state index < -0.39 is 0 Å². The van der Waals surface area contributed by atoms with Gasteiger partial charge in [-0.25, -0.2) is 9.07 Å². The Morgan fingerprint density at radius 2 is 2.12 bits per heavy atom. The number of benzene rings is 1. The minimum atomic E-state index is -0.282. The van der Waals surface area contributed by atoms with Crippen molar-refractivity contribution in [2.24, 2.45) is 11.7 Å². The Morgan fingerprint density at radius 3 is 2.83 bits per heavy atom. The third-order valence-corrected chi connectivity index (χ3v) is 4.62. The molecular weight excluding hydrogens is 307 g/mol. The van der Waals surface area contributed by atoms with Gasteiger partial charge in [0.15, 0.2) is 0 Å². The van der Waals surface area contributed by atoms with E-state index in [2.05, 4.69) is 5.10 Å². The summed E-state index contributed by atoms with van der Waals surface area (Å²) in [4.78, 5) is 14.4. The number of halogens is 1. The summed E-state index contributed by atoms with van der Waals surface area (Å²) in [5, 5.41) is 4.42. The first kappa shape index (κ1) is 16.6. The van der Waals surface area contributed by atoms with Crippen molar-refractivity contribution in [3.05, 3.63) is 48.0 Å². The summed E-state index contributed by atoms with van der Waals surface area (Å²) in [6, 6.07) is 8.04. The highest BCUT2D eigenvalue weighted by Gasteiger charge is 2.26. The average molecular weight is 330 g/mol. The normalized spacial score (nSPS) is 19.3. The van der Waals surface area contributed by atoms with Crippen LogP contribution in [0.25, 0.3) is 5.69 Å². The van der Waals surface area contributed by atoms with Crippen LogP contribution in [0.5, 0.6) is 0 Å². The van der Waals surface area contributed by atoms with E-state index in [1.807, 2.05) is 17.9 Å². The zero-order valence-corrected chi connectivity index (χ0v) is 13.9. The average Bonchev–Trinajstić information content (AvgIpc) is 3.04. The molecule has 128 valence electrons. The molecule has 2 heterocycles. The van der Waals surface area contributed by atoms with Gasteiger partial charge in [0.1, 0.15) is 5.82 Å². The molecule has 5 nitrogen and oxygen atoms in total. The van der Waals surface area contributed by atoms with Crippen LogP contribution in [-0.2, 0) is 11.2 Å². The van der Waals surface area contributed by atoms with Crippen molar-refractivity contribution in [3.63, 3.8) is 0 Å². The zero-order valence-electron chi connectivity index (χ0n) is 13.9. The Labute approximate surface area is 141 Å². The molecule has 0 aliphatic carbocycles. The van der Waals surface area contributed by atoms with Gasteiger partial charge in [0, 0.05) is 25.3 Å². The minimum absolute atomic E-state index is 0.0877. The minimum Gasteiger partial charge on any atom is -0.342 e.